The normalized spacial score (nSPS) is 28.9. The first-order valence-corrected chi connectivity index (χ1v) is 6.95. The average Bonchev–Trinajstić information content (AvgIpc) is 2.83. The molecule has 0 saturated heterocycles. The number of thiazole rings is 1. The maximum absolute atomic E-state index is 12.3. The van der Waals surface area contributed by atoms with Gasteiger partial charge in [0.2, 0.25) is 5.91 Å². The Morgan fingerprint density at radius 1 is 1.65 bits per heavy atom. The largest absolute Gasteiger partial charge is 0.329 e. The molecule has 3 N–H and O–H groups in total. The van der Waals surface area contributed by atoms with Gasteiger partial charge < -0.3 is 11.1 Å². The van der Waals surface area contributed by atoms with Gasteiger partial charge in [0.15, 0.2) is 5.13 Å². The van der Waals surface area contributed by atoms with Crippen molar-refractivity contribution in [3.05, 3.63) is 11.6 Å². The number of hydrogen-bond donors (Lipinski definition) is 2. The zero-order chi connectivity index (χ0) is 12.3. The molecule has 0 atom stereocenters. The number of rotatable bonds is 3. The van der Waals surface area contributed by atoms with Gasteiger partial charge in [0, 0.05) is 18.1 Å². The van der Waals surface area contributed by atoms with E-state index in [4.69, 9.17) is 5.73 Å². The van der Waals surface area contributed by atoms with Crippen molar-refractivity contribution in [3.8, 4) is 0 Å². The first-order valence-electron chi connectivity index (χ1n) is 6.07. The maximum Gasteiger partial charge on any atom is 0.233 e. The Morgan fingerprint density at radius 3 is 2.88 bits per heavy atom. The van der Waals surface area contributed by atoms with Gasteiger partial charge in [0.1, 0.15) is 0 Å². The second-order valence-electron chi connectivity index (χ2n) is 4.96. The van der Waals surface area contributed by atoms with Crippen LogP contribution in [-0.4, -0.2) is 17.4 Å². The number of aromatic nitrogens is 1. The van der Waals surface area contributed by atoms with Crippen molar-refractivity contribution in [2.24, 2.45) is 17.1 Å². The van der Waals surface area contributed by atoms with Gasteiger partial charge in [-0.15, -0.1) is 11.3 Å². The van der Waals surface area contributed by atoms with Gasteiger partial charge in [-0.25, -0.2) is 4.98 Å². The number of nitrogens with zero attached hydrogens (tertiary/aromatic N) is 1. The van der Waals surface area contributed by atoms with Crippen molar-refractivity contribution in [2.75, 3.05) is 11.9 Å². The molecule has 0 aromatic carbocycles. The molecule has 1 aliphatic carbocycles. The lowest BCUT2D eigenvalue weighted by Crippen LogP contribution is -2.44. The van der Waals surface area contributed by atoms with Crippen molar-refractivity contribution in [1.82, 2.24) is 4.98 Å². The minimum atomic E-state index is -0.377. The summed E-state index contributed by atoms with van der Waals surface area (Å²) in [5.74, 6) is 0.754. The van der Waals surface area contributed by atoms with Crippen molar-refractivity contribution in [3.63, 3.8) is 0 Å². The fourth-order valence-corrected chi connectivity index (χ4v) is 2.88. The molecular weight excluding hydrogens is 234 g/mol. The van der Waals surface area contributed by atoms with Crippen LogP contribution in [0.5, 0.6) is 0 Å². The third-order valence-electron chi connectivity index (χ3n) is 3.76. The summed E-state index contributed by atoms with van der Waals surface area (Å²) in [4.78, 5) is 16.4. The summed E-state index contributed by atoms with van der Waals surface area (Å²) in [7, 11) is 0. The lowest BCUT2D eigenvalue weighted by molar-refractivity contribution is -0.127. The standard InChI is InChI=1S/C12H19N3OS/c1-9-2-4-12(8-13,5-3-9)10(16)15-11-14-6-7-17-11/h6-7,9H,2-5,8,13H2,1H3,(H,14,15,16). The summed E-state index contributed by atoms with van der Waals surface area (Å²) < 4.78 is 0. The van der Waals surface area contributed by atoms with Crippen LogP contribution in [-0.2, 0) is 4.79 Å². The Kier molecular flexibility index (Phi) is 3.79. The third kappa shape index (κ3) is 2.66. The van der Waals surface area contributed by atoms with Crippen LogP contribution in [0.1, 0.15) is 32.6 Å². The highest BCUT2D eigenvalue weighted by Crippen LogP contribution is 2.39. The Hall–Kier alpha value is -0.940. The molecule has 0 aliphatic heterocycles. The SMILES string of the molecule is CC1CCC(CN)(C(=O)Nc2nccs2)CC1. The number of nitrogens with one attached hydrogen (secondary N) is 1. The molecule has 2 rings (SSSR count). The molecular formula is C12H19N3OS. The highest BCUT2D eigenvalue weighted by molar-refractivity contribution is 7.13. The lowest BCUT2D eigenvalue weighted by atomic mass is 9.70. The molecule has 4 nitrogen and oxygen atoms in total. The molecule has 17 heavy (non-hydrogen) atoms. The average molecular weight is 253 g/mol. The predicted molar refractivity (Wildman–Crippen MR) is 69.9 cm³/mol. The highest BCUT2D eigenvalue weighted by Gasteiger charge is 2.40. The van der Waals surface area contributed by atoms with E-state index in [-0.39, 0.29) is 11.3 Å². The molecule has 5 heteroatoms. The highest BCUT2D eigenvalue weighted by atomic mass is 32.1. The first-order chi connectivity index (χ1) is 8.16. The molecule has 0 bridgehead atoms. The first kappa shape index (κ1) is 12.5. The number of carbonyl (C=O) groups is 1. The summed E-state index contributed by atoms with van der Waals surface area (Å²) in [5, 5.41) is 5.41. The zero-order valence-electron chi connectivity index (χ0n) is 10.1. The number of hydrogen-bond acceptors (Lipinski definition) is 4. The lowest BCUT2D eigenvalue weighted by Gasteiger charge is -2.36. The van der Waals surface area contributed by atoms with Crippen LogP contribution in [0.3, 0.4) is 0 Å². The molecule has 1 heterocycles. The fourth-order valence-electron chi connectivity index (χ4n) is 2.35. The van der Waals surface area contributed by atoms with Gasteiger partial charge in [0.25, 0.3) is 0 Å². The number of anilines is 1. The second kappa shape index (κ2) is 5.14. The maximum atomic E-state index is 12.3. The van der Waals surface area contributed by atoms with E-state index in [0.717, 1.165) is 25.7 Å². The summed E-state index contributed by atoms with van der Waals surface area (Å²) >= 11 is 1.44. The van der Waals surface area contributed by atoms with Crippen LogP contribution in [0.2, 0.25) is 0 Å². The summed E-state index contributed by atoms with van der Waals surface area (Å²) in [6.07, 6.45) is 5.65. The summed E-state index contributed by atoms with van der Waals surface area (Å²) in [5.41, 5.74) is 5.46. The van der Waals surface area contributed by atoms with Gasteiger partial charge in [-0.1, -0.05) is 6.92 Å². The fraction of sp³-hybridized carbons (Fsp3) is 0.667. The van der Waals surface area contributed by atoms with Crippen LogP contribution >= 0.6 is 11.3 Å². The van der Waals surface area contributed by atoms with Crippen LogP contribution < -0.4 is 11.1 Å². The van der Waals surface area contributed by atoms with Crippen molar-refractivity contribution < 1.29 is 4.79 Å². The van der Waals surface area contributed by atoms with E-state index in [9.17, 15) is 4.79 Å². The minimum Gasteiger partial charge on any atom is -0.329 e. The van der Waals surface area contributed by atoms with Crippen LogP contribution in [0.15, 0.2) is 11.6 Å². The Morgan fingerprint density at radius 2 is 2.35 bits per heavy atom. The molecule has 0 radical (unpaired) electrons. The summed E-state index contributed by atoms with van der Waals surface area (Å²) in [6.45, 7) is 2.66. The van der Waals surface area contributed by atoms with Crippen molar-refractivity contribution in [1.29, 1.82) is 0 Å². The predicted octanol–water partition coefficient (Wildman–Crippen LogP) is 2.24. The molecule has 0 unspecified atom stereocenters. The zero-order valence-corrected chi connectivity index (χ0v) is 10.9. The molecule has 1 aromatic rings. The molecule has 1 fully saturated rings. The third-order valence-corrected chi connectivity index (χ3v) is 4.45. The van der Waals surface area contributed by atoms with E-state index in [1.807, 2.05) is 5.38 Å². The molecule has 0 spiro atoms. The summed E-state index contributed by atoms with van der Waals surface area (Å²) in [6, 6.07) is 0. The van der Waals surface area contributed by atoms with Crippen molar-refractivity contribution in [2.45, 2.75) is 32.6 Å². The second-order valence-corrected chi connectivity index (χ2v) is 5.85. The van der Waals surface area contributed by atoms with E-state index in [1.165, 1.54) is 11.3 Å². The number of amides is 1. The van der Waals surface area contributed by atoms with E-state index >= 15 is 0 Å². The number of nitrogens with two attached hydrogens (primary N) is 1. The minimum absolute atomic E-state index is 0.0434. The van der Waals surface area contributed by atoms with E-state index in [0.29, 0.717) is 17.6 Å². The van der Waals surface area contributed by atoms with Crippen LogP contribution in [0.25, 0.3) is 0 Å². The molecule has 1 aliphatic rings. The molecule has 1 aromatic heterocycles. The van der Waals surface area contributed by atoms with Crippen LogP contribution in [0, 0.1) is 11.3 Å². The van der Waals surface area contributed by atoms with Gasteiger partial charge in [-0.2, -0.15) is 0 Å². The van der Waals surface area contributed by atoms with Gasteiger partial charge in [-0.3, -0.25) is 4.79 Å². The Balaban J connectivity index is 2.05. The van der Waals surface area contributed by atoms with Crippen LogP contribution in [0.4, 0.5) is 5.13 Å². The van der Waals surface area contributed by atoms with E-state index in [2.05, 4.69) is 17.2 Å². The molecule has 1 amide bonds. The van der Waals surface area contributed by atoms with E-state index < -0.39 is 0 Å². The van der Waals surface area contributed by atoms with E-state index in [1.54, 1.807) is 6.20 Å². The Bertz CT molecular complexity index is 369. The smallest absolute Gasteiger partial charge is 0.233 e. The van der Waals surface area contributed by atoms with Gasteiger partial charge in [0.05, 0.1) is 5.41 Å². The number of carbonyl (C=O) groups excluding carboxylic acids is 1. The topological polar surface area (TPSA) is 68.0 Å². The monoisotopic (exact) mass is 253 g/mol. The quantitative estimate of drug-likeness (QED) is 0.868. The Labute approximate surface area is 106 Å². The molecule has 94 valence electrons. The van der Waals surface area contributed by atoms with Gasteiger partial charge in [-0.05, 0) is 31.6 Å². The molecule has 1 saturated carbocycles. The van der Waals surface area contributed by atoms with Gasteiger partial charge >= 0.3 is 0 Å². The van der Waals surface area contributed by atoms with Crippen molar-refractivity contribution >= 4 is 22.4 Å².